The quantitative estimate of drug-likeness (QED) is 0.553. The molecule has 3 aromatic rings. The second-order valence-electron chi connectivity index (χ2n) is 8.02. The summed E-state index contributed by atoms with van der Waals surface area (Å²) in [7, 11) is -1.33. The number of nitrogens with one attached hydrogen (secondary N) is 1. The number of hydrogen-bond acceptors (Lipinski definition) is 6. The summed E-state index contributed by atoms with van der Waals surface area (Å²) in [5.74, 6) is 0.495. The Labute approximate surface area is 207 Å². The third-order valence-corrected chi connectivity index (χ3v) is 6.28. The molecule has 0 spiro atoms. The molecule has 1 fully saturated rings. The first-order valence-corrected chi connectivity index (χ1v) is 11.4. The minimum atomic E-state index is -1.33. The fourth-order valence-corrected chi connectivity index (χ4v) is 4.57. The summed E-state index contributed by atoms with van der Waals surface area (Å²) in [5, 5.41) is 0.462. The molecule has 3 heterocycles. The summed E-state index contributed by atoms with van der Waals surface area (Å²) in [5.41, 5.74) is 4.46. The minimum Gasteiger partial charge on any atom is -0.493 e. The van der Waals surface area contributed by atoms with Gasteiger partial charge in [-0.2, -0.15) is 0 Å². The largest absolute Gasteiger partial charge is 0.493 e. The van der Waals surface area contributed by atoms with Gasteiger partial charge in [-0.15, -0.1) is 0 Å². The van der Waals surface area contributed by atoms with Gasteiger partial charge in [0.15, 0.2) is 10.9 Å². The maximum atomic E-state index is 12.9. The van der Waals surface area contributed by atoms with Crippen LogP contribution in [-0.4, -0.2) is 73.8 Å². The van der Waals surface area contributed by atoms with E-state index in [4.69, 9.17) is 14.2 Å². The van der Waals surface area contributed by atoms with Crippen LogP contribution in [-0.2, 0) is 26.0 Å². The summed E-state index contributed by atoms with van der Waals surface area (Å²) in [6.45, 7) is 8.87. The fourth-order valence-electron chi connectivity index (χ4n) is 3.47. The van der Waals surface area contributed by atoms with Gasteiger partial charge < -0.3 is 19.2 Å². The number of aromatic nitrogens is 3. The normalized spacial score (nSPS) is 18.6. The Kier molecular flexibility index (Phi) is 7.94. The molecule has 4 rings (SSSR count). The van der Waals surface area contributed by atoms with Gasteiger partial charge in [0.05, 0.1) is 52.6 Å². The van der Waals surface area contributed by atoms with Crippen molar-refractivity contribution >= 4 is 51.4 Å². The molecule has 1 saturated heterocycles. The molecule has 9 heteroatoms. The Morgan fingerprint density at radius 3 is 2.84 bits per heavy atom. The third kappa shape index (κ3) is 5.94. The zero-order chi connectivity index (χ0) is 21.3. The minimum absolute atomic E-state index is 0. The number of fused-ring (bicyclic) bond motifs is 1. The number of H-pyrrole nitrogens is 1. The van der Waals surface area contributed by atoms with Crippen LogP contribution in [0.1, 0.15) is 37.1 Å². The maximum Gasteiger partial charge on any atom is 0.197 e. The zero-order valence-corrected chi connectivity index (χ0v) is 21.5. The van der Waals surface area contributed by atoms with Crippen LogP contribution in [0.5, 0.6) is 5.75 Å². The second kappa shape index (κ2) is 10.1. The molecule has 1 radical (unpaired) electrons. The first-order chi connectivity index (χ1) is 14.3. The van der Waals surface area contributed by atoms with Crippen LogP contribution >= 0.6 is 0 Å². The molecule has 1 aliphatic rings. The van der Waals surface area contributed by atoms with Crippen molar-refractivity contribution in [3.8, 4) is 5.75 Å². The van der Waals surface area contributed by atoms with Crippen molar-refractivity contribution in [2.75, 3.05) is 13.2 Å². The Hall–Kier alpha value is -1.29. The van der Waals surface area contributed by atoms with Crippen molar-refractivity contribution < 1.29 is 18.4 Å². The summed E-state index contributed by atoms with van der Waals surface area (Å²) >= 11 is 0. The molecule has 0 amide bonds. The van der Waals surface area contributed by atoms with Crippen LogP contribution in [0.25, 0.3) is 11.0 Å². The molecular formula is C22H27N3NaO4S. The van der Waals surface area contributed by atoms with Gasteiger partial charge in [0.2, 0.25) is 0 Å². The number of aromatic amines is 1. The Balaban J connectivity index is 0.00000272. The van der Waals surface area contributed by atoms with E-state index in [1.165, 1.54) is 0 Å². The summed E-state index contributed by atoms with van der Waals surface area (Å²) in [4.78, 5) is 12.1. The van der Waals surface area contributed by atoms with E-state index >= 15 is 0 Å². The van der Waals surface area contributed by atoms with Crippen LogP contribution in [0, 0.1) is 13.8 Å². The monoisotopic (exact) mass is 452 g/mol. The van der Waals surface area contributed by atoms with Crippen molar-refractivity contribution in [2.24, 2.45) is 0 Å². The second-order valence-corrected chi connectivity index (χ2v) is 9.39. The Morgan fingerprint density at radius 2 is 2.10 bits per heavy atom. The molecule has 2 aromatic heterocycles. The molecule has 161 valence electrons. The molecule has 1 aromatic carbocycles. The zero-order valence-electron chi connectivity index (χ0n) is 18.7. The molecule has 1 aliphatic heterocycles. The van der Waals surface area contributed by atoms with Crippen molar-refractivity contribution in [3.05, 3.63) is 47.3 Å². The number of imidazole rings is 1. The van der Waals surface area contributed by atoms with Crippen LogP contribution in [0.4, 0.5) is 0 Å². The van der Waals surface area contributed by atoms with E-state index in [2.05, 4.69) is 15.0 Å². The molecule has 0 saturated carbocycles. The standard InChI is InChI=1S/C22H27N3O4S.Na/c1-14-5-6-17-18(11-14)25-21(24-17)30(26)13-19-15(2)20(7-9-23-19)27-10-8-16-12-28-22(3,4)29-16;/h5-7,9,11,16H,8,10,12-13H2,1-4H3,(H,24,25);. The number of benzene rings is 1. The molecule has 0 aliphatic carbocycles. The van der Waals surface area contributed by atoms with Crippen LogP contribution in [0.3, 0.4) is 0 Å². The van der Waals surface area contributed by atoms with Gasteiger partial charge in [-0.25, -0.2) is 4.98 Å². The first kappa shape index (κ1) is 24.4. The topological polar surface area (TPSA) is 86.3 Å². The van der Waals surface area contributed by atoms with Crippen molar-refractivity contribution in [3.63, 3.8) is 0 Å². The molecule has 2 unspecified atom stereocenters. The molecule has 1 N–H and O–H groups in total. The van der Waals surface area contributed by atoms with E-state index in [0.29, 0.717) is 18.4 Å². The van der Waals surface area contributed by atoms with Gasteiger partial charge in [-0.05, 0) is 51.5 Å². The van der Waals surface area contributed by atoms with Crippen molar-refractivity contribution in [1.82, 2.24) is 15.0 Å². The predicted molar refractivity (Wildman–Crippen MR) is 121 cm³/mol. The number of hydrogen-bond donors (Lipinski definition) is 1. The van der Waals surface area contributed by atoms with Crippen LogP contribution in [0.15, 0.2) is 35.6 Å². The number of rotatable bonds is 7. The summed E-state index contributed by atoms with van der Waals surface area (Å²) < 4.78 is 30.2. The molecule has 2 atom stereocenters. The van der Waals surface area contributed by atoms with E-state index in [-0.39, 0.29) is 41.4 Å². The van der Waals surface area contributed by atoms with Crippen molar-refractivity contribution in [1.29, 1.82) is 0 Å². The van der Waals surface area contributed by atoms with E-state index < -0.39 is 16.6 Å². The van der Waals surface area contributed by atoms with E-state index in [1.54, 1.807) is 6.20 Å². The number of nitrogens with zero attached hydrogens (tertiary/aromatic N) is 2. The Morgan fingerprint density at radius 1 is 1.29 bits per heavy atom. The van der Waals surface area contributed by atoms with Gasteiger partial charge in [0, 0.05) is 47.7 Å². The van der Waals surface area contributed by atoms with E-state index in [0.717, 1.165) is 40.0 Å². The van der Waals surface area contributed by atoms with E-state index in [9.17, 15) is 4.21 Å². The smallest absolute Gasteiger partial charge is 0.197 e. The fraction of sp³-hybridized carbons (Fsp3) is 0.455. The van der Waals surface area contributed by atoms with Crippen molar-refractivity contribution in [2.45, 2.75) is 56.9 Å². The van der Waals surface area contributed by atoms with Gasteiger partial charge in [-0.1, -0.05) is 6.07 Å². The van der Waals surface area contributed by atoms with Gasteiger partial charge >= 0.3 is 0 Å². The average Bonchev–Trinajstić information content (AvgIpc) is 3.27. The summed E-state index contributed by atoms with van der Waals surface area (Å²) in [6, 6.07) is 7.76. The molecule has 7 nitrogen and oxygen atoms in total. The van der Waals surface area contributed by atoms with Gasteiger partial charge in [-0.3, -0.25) is 9.19 Å². The molecular weight excluding hydrogens is 425 g/mol. The molecule has 31 heavy (non-hydrogen) atoms. The predicted octanol–water partition coefficient (Wildman–Crippen LogP) is 3.42. The SMILES string of the molecule is Cc1ccc2nc(S(=O)Cc3nccc(OCCC4COC(C)(C)O4)c3C)[nH]c2c1.[Na]. The van der Waals surface area contributed by atoms with Crippen LogP contribution < -0.4 is 4.74 Å². The number of aryl methyl sites for hydroxylation is 1. The van der Waals surface area contributed by atoms with Gasteiger partial charge in [0.1, 0.15) is 5.75 Å². The van der Waals surface area contributed by atoms with Crippen LogP contribution in [0.2, 0.25) is 0 Å². The van der Waals surface area contributed by atoms with E-state index in [1.807, 2.05) is 52.0 Å². The number of ether oxygens (including phenoxy) is 3. The average molecular weight is 453 g/mol. The Bertz CT molecular complexity index is 1090. The third-order valence-electron chi connectivity index (χ3n) is 5.12. The molecule has 0 bridgehead atoms. The summed E-state index contributed by atoms with van der Waals surface area (Å²) in [6.07, 6.45) is 2.46. The van der Waals surface area contributed by atoms with Gasteiger partial charge in [0.25, 0.3) is 0 Å². The number of pyridine rings is 1. The first-order valence-electron chi connectivity index (χ1n) is 10.0. The maximum absolute atomic E-state index is 12.9.